The van der Waals surface area contributed by atoms with Gasteiger partial charge in [0.1, 0.15) is 12.1 Å². The third-order valence-corrected chi connectivity index (χ3v) is 8.47. The predicted molar refractivity (Wildman–Crippen MR) is 176 cm³/mol. The number of aliphatic carboxylic acids is 1. The zero-order valence-electron chi connectivity index (χ0n) is 25.1. The number of benzene rings is 5. The van der Waals surface area contributed by atoms with Gasteiger partial charge in [-0.2, -0.15) is 0 Å². The molecular weight excluding hydrogens is 576 g/mol. The van der Waals surface area contributed by atoms with E-state index >= 15 is 0 Å². The second kappa shape index (κ2) is 13.5. The van der Waals surface area contributed by atoms with Crippen LogP contribution >= 0.6 is 0 Å². The lowest BCUT2D eigenvalue weighted by atomic mass is 9.77. The number of hydrogen-bond acceptors (Lipinski definition) is 4. The molecule has 1 atom stereocenters. The number of rotatable bonds is 11. The van der Waals surface area contributed by atoms with Crippen molar-refractivity contribution in [2.75, 3.05) is 6.61 Å². The lowest BCUT2D eigenvalue weighted by molar-refractivity contribution is -0.137. The maximum Gasteiger partial charge on any atom is 0.407 e. The third kappa shape index (κ3) is 6.26. The van der Waals surface area contributed by atoms with E-state index < -0.39 is 36.0 Å². The van der Waals surface area contributed by atoms with Crippen LogP contribution in [-0.4, -0.2) is 35.7 Å². The highest BCUT2D eigenvalue weighted by Crippen LogP contribution is 2.44. The van der Waals surface area contributed by atoms with Crippen molar-refractivity contribution in [3.63, 3.8) is 0 Å². The molecule has 7 heteroatoms. The van der Waals surface area contributed by atoms with Crippen molar-refractivity contribution in [2.45, 2.75) is 30.3 Å². The van der Waals surface area contributed by atoms with Crippen LogP contribution in [0.4, 0.5) is 4.79 Å². The largest absolute Gasteiger partial charge is 0.481 e. The number of ether oxygens (including phenoxy) is 1. The first-order valence-corrected chi connectivity index (χ1v) is 15.3. The maximum absolute atomic E-state index is 13.9. The Hall–Kier alpha value is -5.69. The second-order valence-electron chi connectivity index (χ2n) is 11.4. The molecule has 46 heavy (non-hydrogen) atoms. The first-order valence-electron chi connectivity index (χ1n) is 15.3. The van der Waals surface area contributed by atoms with Crippen molar-refractivity contribution in [3.8, 4) is 11.1 Å². The Morgan fingerprint density at radius 3 is 1.52 bits per heavy atom. The fourth-order valence-electron chi connectivity index (χ4n) is 6.46. The van der Waals surface area contributed by atoms with E-state index in [1.165, 1.54) is 0 Å². The minimum absolute atomic E-state index is 0.0744. The highest BCUT2D eigenvalue weighted by Gasteiger charge is 2.38. The standard InChI is InChI=1S/C39H34N2O5/c42-36(41-39(27-14-4-1-5-15-27,28-16-6-2-7-17-28)29-18-8-3-9-19-29)24-30(25-37(43)44)40-38(45)46-26-35-33-22-12-10-20-31(33)32-21-11-13-23-34(32)35/h1-23,30,35H,24-26H2,(H,40,45)(H,41,42)(H,43,44)/t30-/m0/s1. The van der Waals surface area contributed by atoms with Gasteiger partial charge in [0.2, 0.25) is 5.91 Å². The minimum Gasteiger partial charge on any atom is -0.481 e. The predicted octanol–water partition coefficient (Wildman–Crippen LogP) is 6.87. The van der Waals surface area contributed by atoms with Crippen LogP contribution in [-0.2, 0) is 19.9 Å². The van der Waals surface area contributed by atoms with Gasteiger partial charge in [0.15, 0.2) is 0 Å². The zero-order chi connectivity index (χ0) is 31.9. The van der Waals surface area contributed by atoms with Gasteiger partial charge in [0.25, 0.3) is 0 Å². The van der Waals surface area contributed by atoms with Crippen molar-refractivity contribution in [2.24, 2.45) is 0 Å². The molecule has 6 rings (SSSR count). The Balaban J connectivity index is 1.22. The molecule has 5 aromatic carbocycles. The Morgan fingerprint density at radius 1 is 0.630 bits per heavy atom. The van der Waals surface area contributed by atoms with E-state index in [0.29, 0.717) is 0 Å². The molecule has 0 unspecified atom stereocenters. The van der Waals surface area contributed by atoms with Gasteiger partial charge < -0.3 is 20.5 Å². The smallest absolute Gasteiger partial charge is 0.407 e. The van der Waals surface area contributed by atoms with Crippen molar-refractivity contribution in [1.29, 1.82) is 0 Å². The molecule has 0 heterocycles. The average Bonchev–Trinajstić information content (AvgIpc) is 3.40. The van der Waals surface area contributed by atoms with Crippen LogP contribution in [0.2, 0.25) is 0 Å². The van der Waals surface area contributed by atoms with Gasteiger partial charge in [0, 0.05) is 12.3 Å². The fraction of sp³-hybridized carbons (Fsp3) is 0.154. The number of carbonyl (C=O) groups is 3. The van der Waals surface area contributed by atoms with E-state index in [1.54, 1.807) is 0 Å². The molecule has 0 aromatic heterocycles. The van der Waals surface area contributed by atoms with E-state index in [2.05, 4.69) is 22.8 Å². The molecule has 230 valence electrons. The summed E-state index contributed by atoms with van der Waals surface area (Å²) < 4.78 is 5.67. The monoisotopic (exact) mass is 610 g/mol. The van der Waals surface area contributed by atoms with Crippen LogP contribution in [0.25, 0.3) is 11.1 Å². The number of carbonyl (C=O) groups excluding carboxylic acids is 2. The van der Waals surface area contributed by atoms with Crippen molar-refractivity contribution in [1.82, 2.24) is 10.6 Å². The number of alkyl carbamates (subject to hydrolysis) is 1. The molecule has 0 bridgehead atoms. The van der Waals surface area contributed by atoms with Crippen LogP contribution in [0.5, 0.6) is 0 Å². The lowest BCUT2D eigenvalue weighted by Gasteiger charge is -2.37. The summed E-state index contributed by atoms with van der Waals surface area (Å²) >= 11 is 0. The molecule has 0 aliphatic heterocycles. The summed E-state index contributed by atoms with van der Waals surface area (Å²) in [6.45, 7) is 0.0744. The normalized spacial score (nSPS) is 12.8. The Labute approximate surface area is 267 Å². The van der Waals surface area contributed by atoms with Gasteiger partial charge in [-0.1, -0.05) is 140 Å². The lowest BCUT2D eigenvalue weighted by Crippen LogP contribution is -2.50. The zero-order valence-corrected chi connectivity index (χ0v) is 25.1. The molecule has 5 aromatic rings. The highest BCUT2D eigenvalue weighted by atomic mass is 16.5. The van der Waals surface area contributed by atoms with Gasteiger partial charge in [-0.25, -0.2) is 4.79 Å². The number of carboxylic acids is 1. The molecule has 0 radical (unpaired) electrons. The van der Waals surface area contributed by atoms with E-state index in [9.17, 15) is 19.5 Å². The second-order valence-corrected chi connectivity index (χ2v) is 11.4. The van der Waals surface area contributed by atoms with Gasteiger partial charge in [0.05, 0.1) is 12.5 Å². The summed E-state index contributed by atoms with van der Waals surface area (Å²) in [5, 5.41) is 15.6. The summed E-state index contributed by atoms with van der Waals surface area (Å²) in [5.74, 6) is -1.72. The number of nitrogens with one attached hydrogen (secondary N) is 2. The summed E-state index contributed by atoms with van der Waals surface area (Å²) in [5.41, 5.74) is 5.77. The molecule has 2 amide bonds. The molecule has 7 nitrogen and oxygen atoms in total. The summed E-state index contributed by atoms with van der Waals surface area (Å²) in [7, 11) is 0. The van der Waals surface area contributed by atoms with Crippen LogP contribution in [0.1, 0.15) is 46.6 Å². The number of fused-ring (bicyclic) bond motifs is 3. The van der Waals surface area contributed by atoms with Crippen molar-refractivity contribution < 1.29 is 24.2 Å². The Bertz CT molecular complexity index is 1680. The van der Waals surface area contributed by atoms with Gasteiger partial charge in [-0.05, 0) is 38.9 Å². The molecule has 0 saturated carbocycles. The topological polar surface area (TPSA) is 105 Å². The Morgan fingerprint density at radius 2 is 1.07 bits per heavy atom. The van der Waals surface area contributed by atoms with Crippen LogP contribution in [0.15, 0.2) is 140 Å². The first-order chi connectivity index (χ1) is 22.5. The van der Waals surface area contributed by atoms with Gasteiger partial charge >= 0.3 is 12.1 Å². The fourth-order valence-corrected chi connectivity index (χ4v) is 6.46. The Kier molecular flexibility index (Phi) is 8.92. The molecule has 0 saturated heterocycles. The third-order valence-electron chi connectivity index (χ3n) is 8.47. The molecule has 3 N–H and O–H groups in total. The summed E-state index contributed by atoms with van der Waals surface area (Å²) in [6, 6.07) is 43.9. The molecule has 0 fully saturated rings. The summed E-state index contributed by atoms with van der Waals surface area (Å²) in [4.78, 5) is 38.8. The number of hydrogen-bond donors (Lipinski definition) is 3. The van der Waals surface area contributed by atoms with Crippen LogP contribution < -0.4 is 10.6 Å². The van der Waals surface area contributed by atoms with Gasteiger partial charge in [-0.15, -0.1) is 0 Å². The average molecular weight is 611 g/mol. The van der Waals surface area contributed by atoms with E-state index in [0.717, 1.165) is 38.9 Å². The SMILES string of the molecule is O=C(O)C[C@H](CC(=O)NC(c1ccccc1)(c1ccccc1)c1ccccc1)NC(=O)OCC1c2ccccc2-c2ccccc21. The number of carboxylic acid groups (broad SMARTS) is 1. The van der Waals surface area contributed by atoms with E-state index in [4.69, 9.17) is 4.74 Å². The van der Waals surface area contributed by atoms with Crippen LogP contribution in [0.3, 0.4) is 0 Å². The molecule has 1 aliphatic rings. The summed E-state index contributed by atoms with van der Waals surface area (Å²) in [6.07, 6.45) is -1.50. The van der Waals surface area contributed by atoms with Crippen molar-refractivity contribution >= 4 is 18.0 Å². The molecular formula is C39H34N2O5. The van der Waals surface area contributed by atoms with Crippen LogP contribution in [0, 0.1) is 0 Å². The number of amides is 2. The molecule has 0 spiro atoms. The minimum atomic E-state index is -1.14. The maximum atomic E-state index is 13.9. The molecule has 1 aliphatic carbocycles. The van der Waals surface area contributed by atoms with Gasteiger partial charge in [-0.3, -0.25) is 9.59 Å². The van der Waals surface area contributed by atoms with E-state index in [-0.39, 0.29) is 18.9 Å². The van der Waals surface area contributed by atoms with Crippen molar-refractivity contribution in [3.05, 3.63) is 167 Å². The quantitative estimate of drug-likeness (QED) is 0.142. The highest BCUT2D eigenvalue weighted by molar-refractivity contribution is 5.82. The first kappa shape index (κ1) is 30.3. The van der Waals surface area contributed by atoms with E-state index in [1.807, 2.05) is 127 Å².